The van der Waals surface area contributed by atoms with Gasteiger partial charge in [0.05, 0.1) is 5.60 Å². The molecule has 1 aromatic rings. The summed E-state index contributed by atoms with van der Waals surface area (Å²) in [4.78, 5) is 16.9. The summed E-state index contributed by atoms with van der Waals surface area (Å²) in [5, 5.41) is 13.7. The first-order chi connectivity index (χ1) is 10.9. The Morgan fingerprint density at radius 1 is 1.43 bits per heavy atom. The lowest BCUT2D eigenvalue weighted by atomic mass is 9.94. The molecule has 2 heterocycles. The van der Waals surface area contributed by atoms with E-state index in [-0.39, 0.29) is 29.3 Å². The number of amides is 1. The van der Waals surface area contributed by atoms with Gasteiger partial charge in [0.2, 0.25) is 5.91 Å². The van der Waals surface area contributed by atoms with Crippen molar-refractivity contribution < 1.29 is 14.6 Å². The van der Waals surface area contributed by atoms with Crippen molar-refractivity contribution >= 4 is 22.7 Å². The summed E-state index contributed by atoms with van der Waals surface area (Å²) >= 11 is 1.51. The van der Waals surface area contributed by atoms with Crippen LogP contribution in [0.4, 0.5) is 0 Å². The third-order valence-corrected chi connectivity index (χ3v) is 5.21. The van der Waals surface area contributed by atoms with Gasteiger partial charge in [0, 0.05) is 24.0 Å². The van der Waals surface area contributed by atoms with Gasteiger partial charge in [-0.1, -0.05) is 12.1 Å². The highest BCUT2D eigenvalue weighted by Crippen LogP contribution is 2.29. The number of para-hydroxylation sites is 1. The molecule has 1 saturated heterocycles. The van der Waals surface area contributed by atoms with Crippen molar-refractivity contribution in [1.82, 2.24) is 5.32 Å². The first-order valence-electron chi connectivity index (χ1n) is 7.88. The number of phenols is 1. The molecule has 2 atom stereocenters. The monoisotopic (exact) mass is 334 g/mol. The Balaban J connectivity index is 1.64. The van der Waals surface area contributed by atoms with Crippen molar-refractivity contribution in [2.24, 2.45) is 4.99 Å². The van der Waals surface area contributed by atoms with E-state index in [1.807, 2.05) is 26.0 Å². The van der Waals surface area contributed by atoms with Gasteiger partial charge in [-0.2, -0.15) is 0 Å². The lowest BCUT2D eigenvalue weighted by Crippen LogP contribution is -2.48. The summed E-state index contributed by atoms with van der Waals surface area (Å²) in [5.41, 5.74) is 0.505. The summed E-state index contributed by atoms with van der Waals surface area (Å²) in [6.07, 6.45) is 1.65. The number of nitrogens with zero attached hydrogens (tertiary/aromatic N) is 1. The SMILES string of the molecule is CC1(C)C[C@@H](NC(=O)[C@H]2CSC(c3ccccc3O)=N2)CCO1. The second-order valence-electron chi connectivity index (χ2n) is 6.58. The molecule has 6 heteroatoms. The Morgan fingerprint density at radius 2 is 2.22 bits per heavy atom. The third-order valence-electron chi connectivity index (χ3n) is 4.13. The zero-order valence-corrected chi connectivity index (χ0v) is 14.2. The van der Waals surface area contributed by atoms with E-state index in [1.165, 1.54) is 11.8 Å². The van der Waals surface area contributed by atoms with E-state index in [9.17, 15) is 9.90 Å². The average Bonchev–Trinajstić information content (AvgIpc) is 2.96. The Kier molecular flexibility index (Phi) is 4.64. The maximum atomic E-state index is 12.5. The van der Waals surface area contributed by atoms with Crippen LogP contribution in [0.15, 0.2) is 29.3 Å². The molecule has 124 valence electrons. The maximum absolute atomic E-state index is 12.5. The van der Waals surface area contributed by atoms with Crippen molar-refractivity contribution in [1.29, 1.82) is 0 Å². The minimum absolute atomic E-state index is 0.0365. The number of aromatic hydroxyl groups is 1. The predicted molar refractivity (Wildman–Crippen MR) is 92.1 cm³/mol. The third kappa shape index (κ3) is 3.87. The zero-order chi connectivity index (χ0) is 16.4. The molecule has 1 amide bonds. The van der Waals surface area contributed by atoms with E-state index in [4.69, 9.17) is 4.74 Å². The van der Waals surface area contributed by atoms with Crippen molar-refractivity contribution in [3.8, 4) is 5.75 Å². The molecule has 0 saturated carbocycles. The van der Waals surface area contributed by atoms with Crippen LogP contribution in [-0.4, -0.2) is 46.1 Å². The van der Waals surface area contributed by atoms with Gasteiger partial charge in [0.1, 0.15) is 16.8 Å². The number of ether oxygens (including phenoxy) is 1. The van der Waals surface area contributed by atoms with Gasteiger partial charge >= 0.3 is 0 Å². The molecule has 23 heavy (non-hydrogen) atoms. The molecule has 3 rings (SSSR count). The number of rotatable bonds is 3. The number of phenolic OH excluding ortho intramolecular Hbond substituents is 1. The Morgan fingerprint density at radius 3 is 2.96 bits per heavy atom. The topological polar surface area (TPSA) is 70.9 Å². The van der Waals surface area contributed by atoms with Crippen LogP contribution in [0.3, 0.4) is 0 Å². The molecular formula is C17H22N2O3S. The summed E-state index contributed by atoms with van der Waals surface area (Å²) < 4.78 is 5.68. The lowest BCUT2D eigenvalue weighted by molar-refractivity contribution is -0.124. The van der Waals surface area contributed by atoms with E-state index < -0.39 is 0 Å². The van der Waals surface area contributed by atoms with Gasteiger partial charge in [-0.3, -0.25) is 9.79 Å². The second kappa shape index (κ2) is 6.53. The van der Waals surface area contributed by atoms with Crippen LogP contribution >= 0.6 is 11.8 Å². The molecule has 0 spiro atoms. The number of benzene rings is 1. The molecule has 1 fully saturated rings. The fraction of sp³-hybridized carbons (Fsp3) is 0.529. The van der Waals surface area contributed by atoms with Crippen molar-refractivity contribution in [3.05, 3.63) is 29.8 Å². The van der Waals surface area contributed by atoms with Crippen molar-refractivity contribution in [2.75, 3.05) is 12.4 Å². The van der Waals surface area contributed by atoms with Crippen LogP contribution in [0, 0.1) is 0 Å². The number of aliphatic imine (C=N–C) groups is 1. The Labute approximate surface area is 140 Å². The highest BCUT2D eigenvalue weighted by atomic mass is 32.2. The van der Waals surface area contributed by atoms with Crippen LogP contribution in [-0.2, 0) is 9.53 Å². The van der Waals surface area contributed by atoms with Crippen LogP contribution in [0.2, 0.25) is 0 Å². The molecule has 5 nitrogen and oxygen atoms in total. The molecule has 0 unspecified atom stereocenters. The number of hydrogen-bond donors (Lipinski definition) is 2. The van der Waals surface area contributed by atoms with Crippen LogP contribution in [0.5, 0.6) is 5.75 Å². The fourth-order valence-corrected chi connectivity index (χ4v) is 4.03. The average molecular weight is 334 g/mol. The number of nitrogens with one attached hydrogen (secondary N) is 1. The predicted octanol–water partition coefficient (Wildman–Crippen LogP) is 2.33. The molecule has 2 aliphatic heterocycles. The van der Waals surface area contributed by atoms with E-state index in [2.05, 4.69) is 10.3 Å². The van der Waals surface area contributed by atoms with Crippen LogP contribution < -0.4 is 5.32 Å². The molecule has 1 aromatic carbocycles. The van der Waals surface area contributed by atoms with E-state index in [0.29, 0.717) is 17.9 Å². The van der Waals surface area contributed by atoms with Crippen molar-refractivity contribution in [3.63, 3.8) is 0 Å². The quantitative estimate of drug-likeness (QED) is 0.890. The minimum atomic E-state index is -0.388. The normalized spacial score (nSPS) is 26.6. The highest BCUT2D eigenvalue weighted by Gasteiger charge is 2.32. The van der Waals surface area contributed by atoms with Gasteiger partial charge in [-0.15, -0.1) is 11.8 Å². The van der Waals surface area contributed by atoms with Gasteiger partial charge in [0.15, 0.2) is 0 Å². The highest BCUT2D eigenvalue weighted by molar-refractivity contribution is 8.14. The minimum Gasteiger partial charge on any atom is -0.507 e. The van der Waals surface area contributed by atoms with Gasteiger partial charge < -0.3 is 15.2 Å². The first kappa shape index (κ1) is 16.3. The van der Waals surface area contributed by atoms with E-state index in [0.717, 1.165) is 17.9 Å². The number of hydrogen-bond acceptors (Lipinski definition) is 5. The first-order valence-corrected chi connectivity index (χ1v) is 8.86. The Bertz CT molecular complexity index is 630. The van der Waals surface area contributed by atoms with Crippen LogP contribution in [0.1, 0.15) is 32.3 Å². The zero-order valence-electron chi connectivity index (χ0n) is 13.4. The summed E-state index contributed by atoms with van der Waals surface area (Å²) in [6.45, 7) is 4.76. The molecule has 2 N–H and O–H groups in total. The molecule has 0 aliphatic carbocycles. The molecular weight excluding hydrogens is 312 g/mol. The smallest absolute Gasteiger partial charge is 0.245 e. The fourth-order valence-electron chi connectivity index (χ4n) is 2.96. The van der Waals surface area contributed by atoms with Crippen molar-refractivity contribution in [2.45, 2.75) is 44.4 Å². The van der Waals surface area contributed by atoms with E-state index >= 15 is 0 Å². The standard InChI is InChI=1S/C17H22N2O3S/c1-17(2)9-11(7-8-22-17)18-15(21)13-10-23-16(19-13)12-5-3-4-6-14(12)20/h3-6,11,13,20H,7-10H2,1-2H3,(H,18,21)/t11-,13+/m0/s1. The lowest BCUT2D eigenvalue weighted by Gasteiger charge is -2.36. The maximum Gasteiger partial charge on any atom is 0.245 e. The number of thioether (sulfide) groups is 1. The largest absolute Gasteiger partial charge is 0.507 e. The van der Waals surface area contributed by atoms with Crippen LogP contribution in [0.25, 0.3) is 0 Å². The van der Waals surface area contributed by atoms with Gasteiger partial charge in [-0.05, 0) is 38.8 Å². The molecule has 2 aliphatic rings. The summed E-state index contributed by atoms with van der Waals surface area (Å²) in [6, 6.07) is 6.84. The molecule has 0 radical (unpaired) electrons. The van der Waals surface area contributed by atoms with E-state index in [1.54, 1.807) is 12.1 Å². The summed E-state index contributed by atoms with van der Waals surface area (Å²) in [7, 11) is 0. The second-order valence-corrected chi connectivity index (χ2v) is 7.59. The van der Waals surface area contributed by atoms with Gasteiger partial charge in [-0.25, -0.2) is 0 Å². The number of carbonyl (C=O) groups excluding carboxylic acids is 1. The van der Waals surface area contributed by atoms with Gasteiger partial charge in [0.25, 0.3) is 0 Å². The molecule has 0 aromatic heterocycles. The molecule has 0 bridgehead atoms. The Hall–Kier alpha value is -1.53. The number of carbonyl (C=O) groups is 1. The summed E-state index contributed by atoms with van der Waals surface area (Å²) in [5.74, 6) is 0.777.